The maximum Gasteiger partial charge on any atom is 0.0542 e. The van der Waals surface area contributed by atoms with Crippen molar-refractivity contribution in [3.8, 4) is 0 Å². The first kappa shape index (κ1) is 13.4. The molecule has 0 aliphatic heterocycles. The number of rotatable bonds is 4. The highest BCUT2D eigenvalue weighted by Crippen LogP contribution is 2.22. The molecule has 0 amide bonds. The minimum absolute atomic E-state index is 0.158. The Labute approximate surface area is 101 Å². The quantitative estimate of drug-likeness (QED) is 0.873. The zero-order valence-corrected chi connectivity index (χ0v) is 11.4. The van der Waals surface area contributed by atoms with Crippen LogP contribution in [0.5, 0.6) is 0 Å². The number of benzene rings is 1. The van der Waals surface area contributed by atoms with Gasteiger partial charge in [0.05, 0.1) is 10.8 Å². The van der Waals surface area contributed by atoms with Gasteiger partial charge in [0.2, 0.25) is 0 Å². The van der Waals surface area contributed by atoms with Crippen LogP contribution in [0.25, 0.3) is 0 Å². The summed E-state index contributed by atoms with van der Waals surface area (Å²) in [5, 5.41) is 3.01. The Kier molecular flexibility index (Phi) is 4.69. The Morgan fingerprint density at radius 3 is 2.19 bits per heavy atom. The zero-order chi connectivity index (χ0) is 12.2. The molecule has 0 fully saturated rings. The Hall–Kier alpha value is -0.670. The average Bonchev–Trinajstić information content (AvgIpc) is 2.25. The van der Waals surface area contributed by atoms with Crippen LogP contribution in [-0.2, 0) is 16.2 Å². The number of nitrogens with one attached hydrogen (secondary N) is 1. The molecule has 0 aliphatic rings. The average molecular weight is 239 g/mol. The lowest BCUT2D eigenvalue weighted by Crippen LogP contribution is -2.16. The minimum atomic E-state index is -0.881. The molecular formula is C13H21NOS. The molecule has 0 radical (unpaired) electrons. The zero-order valence-electron chi connectivity index (χ0n) is 10.5. The fourth-order valence-electron chi connectivity index (χ4n) is 1.42. The van der Waals surface area contributed by atoms with Crippen LogP contribution in [0.4, 0.5) is 0 Å². The van der Waals surface area contributed by atoms with Crippen molar-refractivity contribution in [2.75, 3.05) is 19.3 Å². The van der Waals surface area contributed by atoms with E-state index in [1.807, 2.05) is 19.2 Å². The molecule has 0 aliphatic carbocycles. The van der Waals surface area contributed by atoms with Gasteiger partial charge in [-0.3, -0.25) is 4.21 Å². The molecule has 0 aromatic heterocycles. The summed E-state index contributed by atoms with van der Waals surface area (Å²) in [6, 6.07) is 8.11. The normalized spacial score (nSPS) is 13.8. The van der Waals surface area contributed by atoms with Crippen molar-refractivity contribution in [2.24, 2.45) is 0 Å². The van der Waals surface area contributed by atoms with Gasteiger partial charge >= 0.3 is 0 Å². The van der Waals surface area contributed by atoms with Crippen LogP contribution >= 0.6 is 0 Å². The predicted octanol–water partition coefficient (Wildman–Crippen LogP) is 2.31. The van der Waals surface area contributed by atoms with E-state index in [9.17, 15) is 4.21 Å². The maximum absolute atomic E-state index is 11.8. The lowest BCUT2D eigenvalue weighted by atomic mass is 9.87. The first-order chi connectivity index (χ1) is 7.45. The summed E-state index contributed by atoms with van der Waals surface area (Å²) in [6.45, 7) is 7.33. The van der Waals surface area contributed by atoms with E-state index in [-0.39, 0.29) is 5.41 Å². The highest BCUT2D eigenvalue weighted by Gasteiger charge is 2.13. The second kappa shape index (κ2) is 5.60. The van der Waals surface area contributed by atoms with Crippen LogP contribution < -0.4 is 5.32 Å². The summed E-state index contributed by atoms with van der Waals surface area (Å²) in [5.41, 5.74) is 1.44. The largest absolute Gasteiger partial charge is 0.319 e. The summed E-state index contributed by atoms with van der Waals surface area (Å²) in [6.07, 6.45) is 0. The standard InChI is InChI=1S/C13H21NOS/c1-13(2,3)11-5-7-12(8-6-11)16(15)10-9-14-4/h5-8,14H,9-10H2,1-4H3. The van der Waals surface area contributed by atoms with Gasteiger partial charge in [0, 0.05) is 17.2 Å². The molecule has 0 saturated heterocycles. The lowest BCUT2D eigenvalue weighted by Gasteiger charge is -2.19. The Balaban J connectivity index is 2.75. The topological polar surface area (TPSA) is 29.1 Å². The summed E-state index contributed by atoms with van der Waals surface area (Å²) < 4.78 is 11.8. The third kappa shape index (κ3) is 3.72. The van der Waals surface area contributed by atoms with Gasteiger partial charge in [-0.1, -0.05) is 32.9 Å². The highest BCUT2D eigenvalue weighted by molar-refractivity contribution is 7.85. The fraction of sp³-hybridized carbons (Fsp3) is 0.538. The molecule has 1 aromatic rings. The van der Waals surface area contributed by atoms with E-state index in [1.165, 1.54) is 5.56 Å². The molecule has 90 valence electrons. The van der Waals surface area contributed by atoms with E-state index < -0.39 is 10.8 Å². The highest BCUT2D eigenvalue weighted by atomic mass is 32.2. The van der Waals surface area contributed by atoms with Gasteiger partial charge in [-0.05, 0) is 30.2 Å². The molecule has 16 heavy (non-hydrogen) atoms. The Morgan fingerprint density at radius 1 is 1.19 bits per heavy atom. The van der Waals surface area contributed by atoms with Crippen molar-refractivity contribution in [2.45, 2.75) is 31.1 Å². The molecular weight excluding hydrogens is 218 g/mol. The van der Waals surface area contributed by atoms with Crippen molar-refractivity contribution in [1.82, 2.24) is 5.32 Å². The lowest BCUT2D eigenvalue weighted by molar-refractivity contribution is 0.589. The van der Waals surface area contributed by atoms with Gasteiger partial charge < -0.3 is 5.32 Å². The maximum atomic E-state index is 11.8. The summed E-state index contributed by atoms with van der Waals surface area (Å²) in [7, 11) is 0.994. The van der Waals surface area contributed by atoms with Crippen molar-refractivity contribution in [3.05, 3.63) is 29.8 Å². The second-order valence-corrected chi connectivity index (χ2v) is 6.50. The molecule has 1 unspecified atom stereocenters. The third-order valence-electron chi connectivity index (χ3n) is 2.52. The number of hydrogen-bond donors (Lipinski definition) is 1. The van der Waals surface area contributed by atoms with Crippen LogP contribution in [0, 0.1) is 0 Å². The molecule has 1 N–H and O–H groups in total. The van der Waals surface area contributed by atoms with Crippen LogP contribution in [0.3, 0.4) is 0 Å². The van der Waals surface area contributed by atoms with Crippen LogP contribution in [-0.4, -0.2) is 23.6 Å². The van der Waals surface area contributed by atoms with Gasteiger partial charge in [-0.25, -0.2) is 0 Å². The van der Waals surface area contributed by atoms with Gasteiger partial charge in [0.15, 0.2) is 0 Å². The summed E-state index contributed by atoms with van der Waals surface area (Å²) >= 11 is 0. The van der Waals surface area contributed by atoms with Crippen molar-refractivity contribution in [1.29, 1.82) is 0 Å². The first-order valence-corrected chi connectivity index (χ1v) is 6.90. The van der Waals surface area contributed by atoms with Crippen molar-refractivity contribution >= 4 is 10.8 Å². The van der Waals surface area contributed by atoms with Gasteiger partial charge in [-0.15, -0.1) is 0 Å². The molecule has 0 spiro atoms. The number of hydrogen-bond acceptors (Lipinski definition) is 2. The van der Waals surface area contributed by atoms with Crippen LogP contribution in [0.2, 0.25) is 0 Å². The van der Waals surface area contributed by atoms with Gasteiger partial charge in [0.25, 0.3) is 0 Å². The fourth-order valence-corrected chi connectivity index (χ4v) is 2.48. The summed E-state index contributed by atoms with van der Waals surface area (Å²) in [4.78, 5) is 0.920. The molecule has 1 atom stereocenters. The van der Waals surface area contributed by atoms with Crippen LogP contribution in [0.15, 0.2) is 29.2 Å². The minimum Gasteiger partial charge on any atom is -0.319 e. The van der Waals surface area contributed by atoms with Gasteiger partial charge in [0.1, 0.15) is 0 Å². The van der Waals surface area contributed by atoms with E-state index in [0.717, 1.165) is 11.4 Å². The molecule has 0 bridgehead atoms. The van der Waals surface area contributed by atoms with E-state index in [2.05, 4.69) is 38.2 Å². The van der Waals surface area contributed by atoms with E-state index in [4.69, 9.17) is 0 Å². The molecule has 0 saturated carbocycles. The molecule has 1 rings (SSSR count). The molecule has 1 aromatic carbocycles. The Morgan fingerprint density at radius 2 is 1.75 bits per heavy atom. The van der Waals surface area contributed by atoms with Crippen LogP contribution in [0.1, 0.15) is 26.3 Å². The van der Waals surface area contributed by atoms with E-state index in [1.54, 1.807) is 0 Å². The monoisotopic (exact) mass is 239 g/mol. The first-order valence-electron chi connectivity index (χ1n) is 5.58. The molecule has 0 heterocycles. The van der Waals surface area contributed by atoms with Crippen molar-refractivity contribution in [3.63, 3.8) is 0 Å². The van der Waals surface area contributed by atoms with E-state index in [0.29, 0.717) is 5.75 Å². The van der Waals surface area contributed by atoms with Crippen molar-refractivity contribution < 1.29 is 4.21 Å². The third-order valence-corrected chi connectivity index (χ3v) is 3.89. The second-order valence-electron chi connectivity index (χ2n) is 4.93. The summed E-state index contributed by atoms with van der Waals surface area (Å²) in [5.74, 6) is 0.672. The SMILES string of the molecule is CNCCS(=O)c1ccc(C(C)(C)C)cc1. The Bertz CT molecular complexity index is 351. The smallest absolute Gasteiger partial charge is 0.0542 e. The molecule has 2 nitrogen and oxygen atoms in total. The molecule has 3 heteroatoms. The predicted molar refractivity (Wildman–Crippen MR) is 70.3 cm³/mol. The van der Waals surface area contributed by atoms with Gasteiger partial charge in [-0.2, -0.15) is 0 Å². The van der Waals surface area contributed by atoms with E-state index >= 15 is 0 Å².